The van der Waals surface area contributed by atoms with E-state index in [2.05, 4.69) is 15.6 Å². The molecule has 21 heavy (non-hydrogen) atoms. The van der Waals surface area contributed by atoms with Gasteiger partial charge in [-0.2, -0.15) is 0 Å². The highest BCUT2D eigenvalue weighted by molar-refractivity contribution is 6.68. The van der Waals surface area contributed by atoms with Gasteiger partial charge < -0.3 is 10.1 Å². The molecule has 1 aromatic carbocycles. The van der Waals surface area contributed by atoms with Gasteiger partial charge in [0.25, 0.3) is 0 Å². The number of rotatable bonds is 5. The number of carbonyl (C=O) groups is 1. The number of hydrogen-bond acceptors (Lipinski definition) is 4. The molecule has 1 amide bonds. The van der Waals surface area contributed by atoms with Crippen LogP contribution in [-0.4, -0.2) is 37.5 Å². The number of aromatic nitrogens is 3. The summed E-state index contributed by atoms with van der Waals surface area (Å²) in [5.41, 5.74) is 1.45. The zero-order valence-corrected chi connectivity index (χ0v) is 13.4. The molecule has 0 saturated carbocycles. The summed E-state index contributed by atoms with van der Waals surface area (Å²) in [7, 11) is 0. The third-order valence-electron chi connectivity index (χ3n) is 2.64. The van der Waals surface area contributed by atoms with E-state index in [-0.39, 0.29) is 6.54 Å². The number of nitrogens with zero attached hydrogens (tertiary/aromatic N) is 3. The fourth-order valence-corrected chi connectivity index (χ4v) is 2.10. The van der Waals surface area contributed by atoms with Gasteiger partial charge in [0.1, 0.15) is 12.1 Å². The molecule has 1 aromatic heterocycles. The van der Waals surface area contributed by atoms with Crippen molar-refractivity contribution in [1.29, 1.82) is 0 Å². The molecule has 0 unspecified atom stereocenters. The second-order valence-corrected chi connectivity index (χ2v) is 6.55. The lowest BCUT2D eigenvalue weighted by Gasteiger charge is -2.25. The van der Waals surface area contributed by atoms with E-state index in [0.29, 0.717) is 12.1 Å². The lowest BCUT2D eigenvalue weighted by atomic mass is 10.3. The van der Waals surface area contributed by atoms with Gasteiger partial charge in [0.15, 0.2) is 6.23 Å². The van der Waals surface area contributed by atoms with Gasteiger partial charge >= 0.3 is 0 Å². The number of fused-ring (bicyclic) bond motifs is 1. The van der Waals surface area contributed by atoms with Crippen molar-refractivity contribution >= 4 is 51.7 Å². The van der Waals surface area contributed by atoms with E-state index >= 15 is 0 Å². The minimum atomic E-state index is -1.75. The van der Waals surface area contributed by atoms with Gasteiger partial charge in [-0.3, -0.25) is 4.79 Å². The number of nitrogens with one attached hydrogen (secondary N) is 1. The molecule has 0 radical (unpaired) electrons. The quantitative estimate of drug-likeness (QED) is 0.663. The molecule has 9 heteroatoms. The van der Waals surface area contributed by atoms with Crippen molar-refractivity contribution in [2.45, 2.75) is 23.5 Å². The summed E-state index contributed by atoms with van der Waals surface area (Å²) in [6.45, 7) is 1.98. The normalized spacial score (nSPS) is 13.3. The summed E-state index contributed by atoms with van der Waals surface area (Å²) in [6, 6.07) is 7.30. The molecule has 0 fully saturated rings. The summed E-state index contributed by atoms with van der Waals surface area (Å²) < 4.78 is 4.92. The fourth-order valence-electron chi connectivity index (χ4n) is 1.75. The first kappa shape index (κ1) is 16.3. The molecule has 0 spiro atoms. The summed E-state index contributed by atoms with van der Waals surface area (Å²) in [6.07, 6.45) is -1.03. The molecule has 2 aromatic rings. The molecule has 0 bridgehead atoms. The number of hydrogen-bond donors (Lipinski definition) is 1. The molecule has 0 saturated heterocycles. The average molecular weight is 352 g/mol. The minimum absolute atomic E-state index is 0.0508. The van der Waals surface area contributed by atoms with Gasteiger partial charge in [0.05, 0.1) is 5.52 Å². The molecular weight excluding hydrogens is 339 g/mol. The summed E-state index contributed by atoms with van der Waals surface area (Å²) in [5, 5.41) is 10.4. The van der Waals surface area contributed by atoms with Crippen LogP contribution in [0, 0.1) is 0 Å². The number of para-hydroxylation sites is 1. The predicted molar refractivity (Wildman–Crippen MR) is 81.4 cm³/mol. The molecule has 1 N–H and O–H groups in total. The second-order valence-electron chi connectivity index (χ2n) is 4.18. The van der Waals surface area contributed by atoms with E-state index in [1.54, 1.807) is 13.0 Å². The molecule has 0 aliphatic carbocycles. The molecule has 6 nitrogen and oxygen atoms in total. The first-order valence-electron chi connectivity index (χ1n) is 6.17. The number of halogens is 3. The summed E-state index contributed by atoms with van der Waals surface area (Å²) in [4.78, 5) is 12.0. The number of carbonyl (C=O) groups excluding carboxylic acids is 1. The molecule has 0 aliphatic heterocycles. The SMILES string of the molecule is CCO[C@H](NC(=O)Cn1nnc2ccccc21)C(Cl)(Cl)Cl. The van der Waals surface area contributed by atoms with Crippen LogP contribution in [-0.2, 0) is 16.1 Å². The zero-order chi connectivity index (χ0) is 15.5. The Morgan fingerprint density at radius 2 is 2.14 bits per heavy atom. The highest BCUT2D eigenvalue weighted by Gasteiger charge is 2.34. The summed E-state index contributed by atoms with van der Waals surface area (Å²) >= 11 is 17.3. The Hall–Kier alpha value is -1.08. The van der Waals surface area contributed by atoms with E-state index in [0.717, 1.165) is 5.52 Å². The first-order chi connectivity index (χ1) is 9.91. The zero-order valence-electron chi connectivity index (χ0n) is 11.1. The van der Waals surface area contributed by atoms with Crippen molar-refractivity contribution in [2.24, 2.45) is 0 Å². The Balaban J connectivity index is 2.07. The Morgan fingerprint density at radius 1 is 1.43 bits per heavy atom. The maximum absolute atomic E-state index is 12.0. The Labute approximate surface area is 136 Å². The van der Waals surface area contributed by atoms with E-state index < -0.39 is 15.9 Å². The van der Waals surface area contributed by atoms with Crippen LogP contribution in [0.1, 0.15) is 6.92 Å². The van der Waals surface area contributed by atoms with E-state index in [1.165, 1.54) is 4.68 Å². The number of benzene rings is 1. The van der Waals surface area contributed by atoms with Gasteiger partial charge in [-0.1, -0.05) is 52.1 Å². The molecule has 1 heterocycles. The monoisotopic (exact) mass is 350 g/mol. The largest absolute Gasteiger partial charge is 0.354 e. The smallest absolute Gasteiger partial charge is 0.243 e. The van der Waals surface area contributed by atoms with Gasteiger partial charge in [0.2, 0.25) is 9.70 Å². The van der Waals surface area contributed by atoms with Gasteiger partial charge in [-0.05, 0) is 19.1 Å². The van der Waals surface area contributed by atoms with Gasteiger partial charge in [0, 0.05) is 6.61 Å². The van der Waals surface area contributed by atoms with Crippen LogP contribution in [0.3, 0.4) is 0 Å². The summed E-state index contributed by atoms with van der Waals surface area (Å²) in [5.74, 6) is -0.393. The van der Waals surface area contributed by atoms with Crippen LogP contribution in [0.4, 0.5) is 0 Å². The van der Waals surface area contributed by atoms with Crippen molar-refractivity contribution in [3.8, 4) is 0 Å². The van der Waals surface area contributed by atoms with E-state index in [4.69, 9.17) is 39.5 Å². The second kappa shape index (κ2) is 6.79. The molecular formula is C12H13Cl3N4O2. The average Bonchev–Trinajstić information content (AvgIpc) is 2.81. The standard InChI is InChI=1S/C12H13Cl3N4O2/c1-2-21-11(12(13,14)15)16-10(20)7-19-9-6-4-3-5-8(9)17-18-19/h3-6,11H,2,7H2,1H3,(H,16,20)/t11-/m0/s1. The topological polar surface area (TPSA) is 69.0 Å². The molecule has 114 valence electrons. The maximum Gasteiger partial charge on any atom is 0.243 e. The number of ether oxygens (including phenoxy) is 1. The lowest BCUT2D eigenvalue weighted by Crippen LogP contribution is -2.46. The van der Waals surface area contributed by atoms with E-state index in [9.17, 15) is 4.79 Å². The van der Waals surface area contributed by atoms with Gasteiger partial charge in [-0.15, -0.1) is 5.10 Å². The van der Waals surface area contributed by atoms with Crippen molar-refractivity contribution in [3.05, 3.63) is 24.3 Å². The first-order valence-corrected chi connectivity index (χ1v) is 7.31. The highest BCUT2D eigenvalue weighted by atomic mass is 35.6. The van der Waals surface area contributed by atoms with E-state index in [1.807, 2.05) is 18.2 Å². The van der Waals surface area contributed by atoms with Crippen LogP contribution in [0.25, 0.3) is 11.0 Å². The van der Waals surface area contributed by atoms with Crippen molar-refractivity contribution < 1.29 is 9.53 Å². The van der Waals surface area contributed by atoms with Crippen LogP contribution >= 0.6 is 34.8 Å². The lowest BCUT2D eigenvalue weighted by molar-refractivity contribution is -0.126. The third kappa shape index (κ3) is 4.20. The Kier molecular flexibility index (Phi) is 5.27. The Morgan fingerprint density at radius 3 is 2.81 bits per heavy atom. The van der Waals surface area contributed by atoms with Crippen molar-refractivity contribution in [1.82, 2.24) is 20.3 Å². The van der Waals surface area contributed by atoms with Crippen LogP contribution in [0.5, 0.6) is 0 Å². The minimum Gasteiger partial charge on any atom is -0.354 e. The van der Waals surface area contributed by atoms with Crippen LogP contribution < -0.4 is 5.32 Å². The fraction of sp³-hybridized carbons (Fsp3) is 0.417. The van der Waals surface area contributed by atoms with Crippen molar-refractivity contribution in [2.75, 3.05) is 6.61 Å². The van der Waals surface area contributed by atoms with Crippen LogP contribution in [0.2, 0.25) is 0 Å². The maximum atomic E-state index is 12.0. The highest BCUT2D eigenvalue weighted by Crippen LogP contribution is 2.30. The molecule has 0 aliphatic rings. The number of amides is 1. The number of alkyl halides is 3. The third-order valence-corrected chi connectivity index (χ3v) is 3.23. The molecule has 2 rings (SSSR count). The Bertz CT molecular complexity index is 626. The molecule has 1 atom stereocenters. The van der Waals surface area contributed by atoms with Crippen molar-refractivity contribution in [3.63, 3.8) is 0 Å². The van der Waals surface area contributed by atoms with Gasteiger partial charge in [-0.25, -0.2) is 4.68 Å². The van der Waals surface area contributed by atoms with Crippen LogP contribution in [0.15, 0.2) is 24.3 Å². The predicted octanol–water partition coefficient (Wildman–Crippen LogP) is 2.28.